The Morgan fingerprint density at radius 2 is 1.95 bits per heavy atom. The van der Waals surface area contributed by atoms with Crippen LogP contribution in [0.3, 0.4) is 0 Å². The van der Waals surface area contributed by atoms with Gasteiger partial charge in [0.25, 0.3) is 0 Å². The Balaban J connectivity index is 1.38. The SMILES string of the molecule is COc1ccc2ncc(Cl)c([C@@H](F)CCC3(CC(=O)O)CCN(CCSc4ccccc4C(F)(F)F)CC3)c2c1. The number of thioether (sulfide) groups is 1. The first-order valence-corrected chi connectivity index (χ1v) is 14.4. The first-order valence-electron chi connectivity index (χ1n) is 13.0. The summed E-state index contributed by atoms with van der Waals surface area (Å²) in [7, 11) is 1.52. The summed E-state index contributed by atoms with van der Waals surface area (Å²) in [5, 5.41) is 10.4. The zero-order valence-corrected chi connectivity index (χ0v) is 23.6. The van der Waals surface area contributed by atoms with Crippen LogP contribution in [0, 0.1) is 5.41 Å². The molecule has 1 saturated heterocycles. The van der Waals surface area contributed by atoms with E-state index < -0.39 is 29.3 Å². The quantitative estimate of drug-likeness (QED) is 0.178. The van der Waals surface area contributed by atoms with Crippen molar-refractivity contribution < 1.29 is 32.2 Å². The molecule has 0 aliphatic carbocycles. The number of rotatable bonds is 11. The van der Waals surface area contributed by atoms with Gasteiger partial charge in [0.1, 0.15) is 11.9 Å². The largest absolute Gasteiger partial charge is 0.497 e. The molecule has 1 fully saturated rings. The molecule has 2 aromatic carbocycles. The molecule has 0 spiro atoms. The minimum Gasteiger partial charge on any atom is -0.497 e. The Morgan fingerprint density at radius 1 is 1.23 bits per heavy atom. The predicted octanol–water partition coefficient (Wildman–Crippen LogP) is 8.06. The maximum Gasteiger partial charge on any atom is 0.417 e. The lowest BCUT2D eigenvalue weighted by Gasteiger charge is -2.41. The number of benzene rings is 2. The maximum atomic E-state index is 15.8. The number of alkyl halides is 4. The van der Waals surface area contributed by atoms with E-state index in [2.05, 4.69) is 9.88 Å². The monoisotopic (exact) mass is 598 g/mol. The Labute approximate surface area is 239 Å². The van der Waals surface area contributed by atoms with E-state index in [9.17, 15) is 23.1 Å². The van der Waals surface area contributed by atoms with Crippen LogP contribution in [0.15, 0.2) is 53.6 Å². The van der Waals surface area contributed by atoms with Gasteiger partial charge in [-0.2, -0.15) is 13.2 Å². The van der Waals surface area contributed by atoms with Crippen LogP contribution < -0.4 is 4.74 Å². The molecule has 1 aliphatic heterocycles. The summed E-state index contributed by atoms with van der Waals surface area (Å²) >= 11 is 7.54. The Kier molecular flexibility index (Phi) is 9.85. The molecule has 1 aliphatic rings. The van der Waals surface area contributed by atoms with Crippen LogP contribution in [-0.4, -0.2) is 53.5 Å². The number of hydrogen-bond acceptors (Lipinski definition) is 5. The van der Waals surface area contributed by atoms with Gasteiger partial charge in [0.2, 0.25) is 0 Å². The second-order valence-corrected chi connectivity index (χ2v) is 11.7. The molecule has 0 unspecified atom stereocenters. The van der Waals surface area contributed by atoms with E-state index in [0.717, 1.165) is 17.8 Å². The highest BCUT2D eigenvalue weighted by atomic mass is 35.5. The van der Waals surface area contributed by atoms with Crippen molar-refractivity contribution in [2.24, 2.45) is 5.41 Å². The van der Waals surface area contributed by atoms with Crippen LogP contribution in [0.5, 0.6) is 5.75 Å². The summed E-state index contributed by atoms with van der Waals surface area (Å²) in [4.78, 5) is 18.4. The number of carboxylic acid groups (broad SMARTS) is 1. The molecular formula is C29H31ClF4N2O3S. The maximum absolute atomic E-state index is 15.8. The second-order valence-electron chi connectivity index (χ2n) is 10.2. The molecule has 4 rings (SSSR count). The summed E-state index contributed by atoms with van der Waals surface area (Å²) in [6, 6.07) is 10.7. The molecular weight excluding hydrogens is 568 g/mol. The van der Waals surface area contributed by atoms with Gasteiger partial charge >= 0.3 is 12.1 Å². The van der Waals surface area contributed by atoms with Gasteiger partial charge in [-0.05, 0) is 74.5 Å². The molecule has 11 heteroatoms. The number of aliphatic carboxylic acids is 1. The number of carboxylic acids is 1. The highest BCUT2D eigenvalue weighted by molar-refractivity contribution is 7.99. The zero-order chi connectivity index (χ0) is 28.9. The molecule has 5 nitrogen and oxygen atoms in total. The van der Waals surface area contributed by atoms with Crippen molar-refractivity contribution in [3.8, 4) is 5.75 Å². The Bertz CT molecular complexity index is 1330. The van der Waals surface area contributed by atoms with Crippen LogP contribution in [-0.2, 0) is 11.0 Å². The molecule has 0 bridgehead atoms. The fourth-order valence-electron chi connectivity index (χ4n) is 5.39. The summed E-state index contributed by atoms with van der Waals surface area (Å²) in [6.45, 7) is 1.77. The third-order valence-electron chi connectivity index (χ3n) is 7.61. The second kappa shape index (κ2) is 13.0. The van der Waals surface area contributed by atoms with Crippen molar-refractivity contribution in [3.05, 3.63) is 64.8 Å². The molecule has 216 valence electrons. The highest BCUT2D eigenvalue weighted by Gasteiger charge is 2.38. The zero-order valence-electron chi connectivity index (χ0n) is 22.0. The Hall–Kier alpha value is -2.56. The number of piperidine rings is 1. The van der Waals surface area contributed by atoms with E-state index in [1.54, 1.807) is 24.3 Å². The molecule has 1 N–H and O–H groups in total. The van der Waals surface area contributed by atoms with Crippen molar-refractivity contribution in [1.29, 1.82) is 0 Å². The summed E-state index contributed by atoms with van der Waals surface area (Å²) in [5.74, 6) is 0.0999. The first-order chi connectivity index (χ1) is 19.0. The lowest BCUT2D eigenvalue weighted by Crippen LogP contribution is -2.42. The third-order valence-corrected chi connectivity index (χ3v) is 8.96. The normalized spacial score (nSPS) is 16.6. The molecule has 3 aromatic rings. The lowest BCUT2D eigenvalue weighted by atomic mass is 9.71. The molecule has 40 heavy (non-hydrogen) atoms. The van der Waals surface area contributed by atoms with Crippen molar-refractivity contribution in [1.82, 2.24) is 9.88 Å². The topological polar surface area (TPSA) is 62.7 Å². The Morgan fingerprint density at radius 3 is 2.62 bits per heavy atom. The van der Waals surface area contributed by atoms with E-state index in [0.29, 0.717) is 66.9 Å². The average Bonchev–Trinajstić information content (AvgIpc) is 2.92. The molecule has 0 radical (unpaired) electrons. The smallest absolute Gasteiger partial charge is 0.417 e. The molecule has 1 aromatic heterocycles. The van der Waals surface area contributed by atoms with Crippen LogP contribution in [0.4, 0.5) is 17.6 Å². The van der Waals surface area contributed by atoms with E-state index in [-0.39, 0.29) is 22.8 Å². The molecule has 2 heterocycles. The number of halogens is 5. The van der Waals surface area contributed by atoms with E-state index >= 15 is 4.39 Å². The number of hydrogen-bond donors (Lipinski definition) is 1. The van der Waals surface area contributed by atoms with Gasteiger partial charge in [-0.15, -0.1) is 11.8 Å². The number of likely N-dealkylation sites (tertiary alicyclic amines) is 1. The number of methoxy groups -OCH3 is 1. The van der Waals surface area contributed by atoms with Crippen molar-refractivity contribution in [3.63, 3.8) is 0 Å². The average molecular weight is 599 g/mol. The number of fused-ring (bicyclic) bond motifs is 1. The molecule has 0 saturated carbocycles. The number of carbonyl (C=O) groups is 1. The van der Waals surface area contributed by atoms with Gasteiger partial charge in [0, 0.05) is 34.3 Å². The van der Waals surface area contributed by atoms with Gasteiger partial charge in [0.05, 0.1) is 29.6 Å². The summed E-state index contributed by atoms with van der Waals surface area (Å²) in [6.07, 6.45) is -2.87. The van der Waals surface area contributed by atoms with E-state index in [1.165, 1.54) is 25.4 Å². The van der Waals surface area contributed by atoms with Crippen molar-refractivity contribution in [2.45, 2.75) is 49.3 Å². The fourth-order valence-corrected chi connectivity index (χ4v) is 6.74. The van der Waals surface area contributed by atoms with Gasteiger partial charge < -0.3 is 14.7 Å². The lowest BCUT2D eigenvalue weighted by molar-refractivity contribution is -0.141. The van der Waals surface area contributed by atoms with Crippen LogP contribution in [0.1, 0.15) is 49.4 Å². The van der Waals surface area contributed by atoms with Gasteiger partial charge in [-0.25, -0.2) is 4.39 Å². The highest BCUT2D eigenvalue weighted by Crippen LogP contribution is 2.44. The molecule has 1 atom stereocenters. The first kappa shape index (κ1) is 30.4. The van der Waals surface area contributed by atoms with Crippen LogP contribution in [0.25, 0.3) is 10.9 Å². The van der Waals surface area contributed by atoms with E-state index in [1.807, 2.05) is 0 Å². The minimum atomic E-state index is -4.40. The number of pyridine rings is 1. The van der Waals surface area contributed by atoms with Gasteiger partial charge in [-0.1, -0.05) is 23.7 Å². The van der Waals surface area contributed by atoms with Crippen molar-refractivity contribution in [2.75, 3.05) is 32.5 Å². The number of nitrogens with zero attached hydrogens (tertiary/aromatic N) is 2. The fraction of sp³-hybridized carbons (Fsp3) is 0.448. The predicted molar refractivity (Wildman–Crippen MR) is 149 cm³/mol. The van der Waals surface area contributed by atoms with E-state index in [4.69, 9.17) is 16.3 Å². The molecule has 0 amide bonds. The summed E-state index contributed by atoms with van der Waals surface area (Å²) < 4.78 is 60.9. The van der Waals surface area contributed by atoms with Gasteiger partial charge in [-0.3, -0.25) is 9.78 Å². The standard InChI is InChI=1S/C29H31ClF4N2O3S/c1-39-19-6-7-24-20(16-19)27(22(30)18-35-24)23(31)8-9-28(17-26(37)38)10-12-36(13-11-28)14-15-40-25-5-3-2-4-21(25)29(32,33)34/h2-7,16,18,23H,8-15,17H2,1H3,(H,37,38)/t23-/m0/s1. The van der Waals surface area contributed by atoms with Crippen LogP contribution in [0.2, 0.25) is 5.02 Å². The third kappa shape index (κ3) is 7.39. The van der Waals surface area contributed by atoms with Crippen molar-refractivity contribution >= 4 is 40.2 Å². The number of aromatic nitrogens is 1. The van der Waals surface area contributed by atoms with Gasteiger partial charge in [0.15, 0.2) is 0 Å². The summed E-state index contributed by atoms with van der Waals surface area (Å²) in [5.41, 5.74) is -0.299. The number of ether oxygens (including phenoxy) is 1. The van der Waals surface area contributed by atoms with Crippen LogP contribution >= 0.6 is 23.4 Å². The minimum absolute atomic E-state index is 0.0695.